The zero-order chi connectivity index (χ0) is 29.3. The summed E-state index contributed by atoms with van der Waals surface area (Å²) in [5, 5.41) is 2.85. The predicted octanol–water partition coefficient (Wildman–Crippen LogP) is 4.36. The normalized spacial score (nSPS) is 12.1. The molecule has 0 aliphatic rings. The highest BCUT2D eigenvalue weighted by atomic mass is 32.2. The van der Waals surface area contributed by atoms with Gasteiger partial charge in [-0.1, -0.05) is 68.4 Å². The molecule has 1 atom stereocenters. The molecule has 0 aliphatic carbocycles. The molecule has 0 radical (unpaired) electrons. The molecule has 0 heterocycles. The van der Waals surface area contributed by atoms with Gasteiger partial charge in [-0.25, -0.2) is 8.42 Å². The summed E-state index contributed by atoms with van der Waals surface area (Å²) in [6.45, 7) is 5.96. The average molecular weight is 566 g/mol. The standard InChI is InChI=1S/C31H39N3O5S/c1-6-32-31(36)29(20-24-11-8-7-9-12-24)33(21-25-13-10-14-28(19-25)39-4)30(35)22-34(40(5,37)38)27-17-15-26(16-18-27)23(2)3/h7-19,23,29H,6,20-22H2,1-5H3,(H,32,36)/t29-/m1/s1. The highest BCUT2D eigenvalue weighted by molar-refractivity contribution is 7.92. The molecule has 0 bridgehead atoms. The Morgan fingerprint density at radius 1 is 0.925 bits per heavy atom. The van der Waals surface area contributed by atoms with E-state index < -0.39 is 28.5 Å². The minimum absolute atomic E-state index is 0.0918. The van der Waals surface area contributed by atoms with Crippen LogP contribution in [0.1, 0.15) is 43.4 Å². The van der Waals surface area contributed by atoms with Crippen molar-refractivity contribution in [2.24, 2.45) is 0 Å². The van der Waals surface area contributed by atoms with Gasteiger partial charge in [0.25, 0.3) is 0 Å². The number of carbonyl (C=O) groups is 2. The number of rotatable bonds is 13. The summed E-state index contributed by atoms with van der Waals surface area (Å²) < 4.78 is 32.3. The maximum absolute atomic E-state index is 14.1. The van der Waals surface area contributed by atoms with Gasteiger partial charge in [0.05, 0.1) is 19.1 Å². The third-order valence-electron chi connectivity index (χ3n) is 6.64. The molecule has 40 heavy (non-hydrogen) atoms. The van der Waals surface area contributed by atoms with Gasteiger partial charge in [-0.2, -0.15) is 0 Å². The van der Waals surface area contributed by atoms with Crippen LogP contribution in [-0.4, -0.2) is 57.6 Å². The summed E-state index contributed by atoms with van der Waals surface area (Å²) in [7, 11) is -2.25. The highest BCUT2D eigenvalue weighted by Crippen LogP contribution is 2.24. The molecule has 2 amide bonds. The number of nitrogens with zero attached hydrogens (tertiary/aromatic N) is 2. The van der Waals surface area contributed by atoms with Crippen LogP contribution in [-0.2, 0) is 32.6 Å². The first kappa shape index (κ1) is 30.7. The Hall–Kier alpha value is -3.85. The van der Waals surface area contributed by atoms with Crippen LogP contribution in [0.15, 0.2) is 78.9 Å². The number of likely N-dealkylation sites (N-methyl/N-ethyl adjacent to an activating group) is 1. The van der Waals surface area contributed by atoms with Crippen molar-refractivity contribution in [3.8, 4) is 5.75 Å². The number of carbonyl (C=O) groups excluding carboxylic acids is 2. The number of amides is 2. The van der Waals surface area contributed by atoms with E-state index in [1.807, 2.05) is 61.5 Å². The number of nitrogens with one attached hydrogen (secondary N) is 1. The smallest absolute Gasteiger partial charge is 0.244 e. The van der Waals surface area contributed by atoms with Crippen molar-refractivity contribution >= 4 is 27.5 Å². The van der Waals surface area contributed by atoms with Crippen LogP contribution in [0.5, 0.6) is 5.75 Å². The molecule has 0 saturated heterocycles. The molecule has 214 valence electrons. The molecule has 0 spiro atoms. The minimum atomic E-state index is -3.81. The van der Waals surface area contributed by atoms with Crippen molar-refractivity contribution in [1.82, 2.24) is 10.2 Å². The van der Waals surface area contributed by atoms with E-state index >= 15 is 0 Å². The second kappa shape index (κ2) is 14.0. The van der Waals surface area contributed by atoms with Crippen molar-refractivity contribution in [3.63, 3.8) is 0 Å². The summed E-state index contributed by atoms with van der Waals surface area (Å²) in [5.74, 6) is 0.0882. The first-order chi connectivity index (χ1) is 19.0. The molecule has 0 unspecified atom stereocenters. The lowest BCUT2D eigenvalue weighted by Gasteiger charge is -2.33. The van der Waals surface area contributed by atoms with Gasteiger partial charge in [-0.05, 0) is 53.8 Å². The molecule has 8 nitrogen and oxygen atoms in total. The van der Waals surface area contributed by atoms with Gasteiger partial charge in [0.1, 0.15) is 18.3 Å². The van der Waals surface area contributed by atoms with E-state index in [1.54, 1.807) is 31.4 Å². The number of methoxy groups -OCH3 is 1. The van der Waals surface area contributed by atoms with Crippen LogP contribution in [0.3, 0.4) is 0 Å². The molecular formula is C31H39N3O5S. The Morgan fingerprint density at radius 3 is 2.15 bits per heavy atom. The second-order valence-corrected chi connectivity index (χ2v) is 11.9. The van der Waals surface area contributed by atoms with Gasteiger partial charge < -0.3 is 15.0 Å². The molecular weight excluding hydrogens is 526 g/mol. The summed E-state index contributed by atoms with van der Waals surface area (Å²) in [5.41, 5.74) is 3.08. The molecule has 0 saturated carbocycles. The van der Waals surface area contributed by atoms with Gasteiger partial charge in [0.2, 0.25) is 21.8 Å². The first-order valence-corrected chi connectivity index (χ1v) is 15.2. The molecule has 3 rings (SSSR count). The van der Waals surface area contributed by atoms with E-state index in [9.17, 15) is 18.0 Å². The number of hydrogen-bond acceptors (Lipinski definition) is 5. The van der Waals surface area contributed by atoms with Crippen LogP contribution in [0.4, 0.5) is 5.69 Å². The van der Waals surface area contributed by atoms with Crippen LogP contribution >= 0.6 is 0 Å². The predicted molar refractivity (Wildman–Crippen MR) is 159 cm³/mol. The van der Waals surface area contributed by atoms with Crippen LogP contribution in [0, 0.1) is 0 Å². The largest absolute Gasteiger partial charge is 0.497 e. The van der Waals surface area contributed by atoms with E-state index in [1.165, 1.54) is 4.90 Å². The lowest BCUT2D eigenvalue weighted by molar-refractivity contribution is -0.140. The van der Waals surface area contributed by atoms with Gasteiger partial charge in [0, 0.05) is 19.5 Å². The lowest BCUT2D eigenvalue weighted by Crippen LogP contribution is -2.53. The van der Waals surface area contributed by atoms with Crippen molar-refractivity contribution < 1.29 is 22.7 Å². The van der Waals surface area contributed by atoms with Gasteiger partial charge in [-0.3, -0.25) is 13.9 Å². The third-order valence-corrected chi connectivity index (χ3v) is 7.78. The van der Waals surface area contributed by atoms with Gasteiger partial charge in [0.15, 0.2) is 0 Å². The Kier molecular flexibility index (Phi) is 10.7. The summed E-state index contributed by atoms with van der Waals surface area (Å²) in [4.78, 5) is 28.9. The average Bonchev–Trinajstić information content (AvgIpc) is 2.93. The second-order valence-electron chi connectivity index (χ2n) is 9.99. The Balaban J connectivity index is 2.04. The SMILES string of the molecule is CCNC(=O)[C@@H](Cc1ccccc1)N(Cc1cccc(OC)c1)C(=O)CN(c1ccc(C(C)C)cc1)S(C)(=O)=O. The van der Waals surface area contributed by atoms with Crippen LogP contribution < -0.4 is 14.4 Å². The molecule has 0 aromatic heterocycles. The Labute approximate surface area is 238 Å². The topological polar surface area (TPSA) is 96.0 Å². The van der Waals surface area contributed by atoms with Crippen LogP contribution in [0.2, 0.25) is 0 Å². The monoisotopic (exact) mass is 565 g/mol. The molecule has 0 fully saturated rings. The fourth-order valence-corrected chi connectivity index (χ4v) is 5.30. The Morgan fingerprint density at radius 2 is 1.57 bits per heavy atom. The lowest BCUT2D eigenvalue weighted by atomic mass is 10.0. The molecule has 3 aromatic rings. The van der Waals surface area contributed by atoms with E-state index in [2.05, 4.69) is 19.2 Å². The van der Waals surface area contributed by atoms with Crippen molar-refractivity contribution in [1.29, 1.82) is 0 Å². The molecule has 0 aliphatic heterocycles. The van der Waals surface area contributed by atoms with Crippen LogP contribution in [0.25, 0.3) is 0 Å². The van der Waals surface area contributed by atoms with Crippen molar-refractivity contribution in [2.75, 3.05) is 30.8 Å². The number of benzene rings is 3. The molecule has 1 N–H and O–H groups in total. The maximum Gasteiger partial charge on any atom is 0.244 e. The zero-order valence-corrected chi connectivity index (χ0v) is 24.6. The van der Waals surface area contributed by atoms with Gasteiger partial charge >= 0.3 is 0 Å². The van der Waals surface area contributed by atoms with E-state index in [0.29, 0.717) is 18.0 Å². The Bertz CT molecular complexity index is 1380. The summed E-state index contributed by atoms with van der Waals surface area (Å²) in [6, 6.07) is 23.0. The van der Waals surface area contributed by atoms with E-state index in [4.69, 9.17) is 4.74 Å². The van der Waals surface area contributed by atoms with Crippen molar-refractivity contribution in [2.45, 2.75) is 45.7 Å². The molecule has 3 aromatic carbocycles. The van der Waals surface area contributed by atoms with Crippen molar-refractivity contribution in [3.05, 3.63) is 95.6 Å². The quantitative estimate of drug-likeness (QED) is 0.332. The molecule has 9 heteroatoms. The number of hydrogen-bond donors (Lipinski definition) is 1. The number of anilines is 1. The fraction of sp³-hybridized carbons (Fsp3) is 0.355. The maximum atomic E-state index is 14.1. The number of sulfonamides is 1. The van der Waals surface area contributed by atoms with E-state index in [0.717, 1.165) is 27.3 Å². The minimum Gasteiger partial charge on any atom is -0.497 e. The summed E-state index contributed by atoms with van der Waals surface area (Å²) in [6.07, 6.45) is 1.35. The third kappa shape index (κ3) is 8.32. The van der Waals surface area contributed by atoms with E-state index in [-0.39, 0.29) is 24.8 Å². The summed E-state index contributed by atoms with van der Waals surface area (Å²) >= 11 is 0. The van der Waals surface area contributed by atoms with Gasteiger partial charge in [-0.15, -0.1) is 0 Å². The number of ether oxygens (including phenoxy) is 1. The zero-order valence-electron chi connectivity index (χ0n) is 23.8. The first-order valence-electron chi connectivity index (χ1n) is 13.3. The fourth-order valence-electron chi connectivity index (χ4n) is 4.45. The highest BCUT2D eigenvalue weighted by Gasteiger charge is 2.33.